The van der Waals surface area contributed by atoms with E-state index < -0.39 is 17.7 Å². The van der Waals surface area contributed by atoms with E-state index in [1.807, 2.05) is 0 Å². The normalized spacial score (nSPS) is 12.4. The molecule has 2 aromatic rings. The molecule has 20 heavy (non-hydrogen) atoms. The number of halogens is 4. The van der Waals surface area contributed by atoms with Gasteiger partial charge in [-0.25, -0.2) is 8.78 Å². The molecule has 1 unspecified atom stereocenters. The van der Waals surface area contributed by atoms with Crippen molar-refractivity contribution >= 4 is 23.2 Å². The average molecular weight is 317 g/mol. The van der Waals surface area contributed by atoms with Crippen LogP contribution in [0.5, 0.6) is 0 Å². The van der Waals surface area contributed by atoms with Crippen LogP contribution in [0.4, 0.5) is 8.78 Å². The lowest BCUT2D eigenvalue weighted by molar-refractivity contribution is 0.481. The third kappa shape index (κ3) is 3.10. The Morgan fingerprint density at radius 3 is 2.25 bits per heavy atom. The zero-order chi connectivity index (χ0) is 14.7. The Bertz CT molecular complexity index is 600. The molecule has 0 aliphatic rings. The topological polar surface area (TPSA) is 38.0 Å². The molecule has 0 saturated carbocycles. The van der Waals surface area contributed by atoms with Gasteiger partial charge in [-0.05, 0) is 30.2 Å². The highest BCUT2D eigenvalue weighted by molar-refractivity contribution is 6.36. The molecule has 2 aromatic carbocycles. The van der Waals surface area contributed by atoms with Gasteiger partial charge in [-0.3, -0.25) is 11.3 Å². The predicted molar refractivity (Wildman–Crippen MR) is 76.6 cm³/mol. The molecule has 2 nitrogen and oxygen atoms in total. The van der Waals surface area contributed by atoms with Crippen molar-refractivity contribution in [2.45, 2.75) is 12.5 Å². The van der Waals surface area contributed by atoms with Gasteiger partial charge < -0.3 is 0 Å². The molecule has 106 valence electrons. The van der Waals surface area contributed by atoms with Crippen LogP contribution in [0, 0.1) is 11.6 Å². The minimum atomic E-state index is -0.900. The Morgan fingerprint density at radius 1 is 1.05 bits per heavy atom. The van der Waals surface area contributed by atoms with Crippen molar-refractivity contribution in [2.75, 3.05) is 0 Å². The van der Waals surface area contributed by atoms with E-state index in [0.29, 0.717) is 15.6 Å². The maximum absolute atomic E-state index is 13.7. The average Bonchev–Trinajstić information content (AvgIpc) is 2.42. The maximum atomic E-state index is 13.7. The maximum Gasteiger partial charge on any atom is 0.162 e. The molecule has 2 rings (SSSR count). The van der Waals surface area contributed by atoms with E-state index in [0.717, 1.165) is 6.07 Å². The summed E-state index contributed by atoms with van der Waals surface area (Å²) >= 11 is 12.2. The summed E-state index contributed by atoms with van der Waals surface area (Å²) in [5, 5.41) is 0.828. The van der Waals surface area contributed by atoms with E-state index in [-0.39, 0.29) is 12.0 Å². The molecule has 0 saturated heterocycles. The highest BCUT2D eigenvalue weighted by Gasteiger charge is 2.19. The van der Waals surface area contributed by atoms with Gasteiger partial charge in [-0.1, -0.05) is 41.4 Å². The highest BCUT2D eigenvalue weighted by Crippen LogP contribution is 2.32. The fraction of sp³-hybridized carbons (Fsp3) is 0.143. The Labute approximate surface area is 125 Å². The SMILES string of the molecule is NNC(Cc1cccc(F)c1F)c1c(Cl)cccc1Cl. The summed E-state index contributed by atoms with van der Waals surface area (Å²) in [4.78, 5) is 0. The molecule has 0 spiro atoms. The molecule has 0 amide bonds. The van der Waals surface area contributed by atoms with E-state index in [9.17, 15) is 8.78 Å². The van der Waals surface area contributed by atoms with E-state index in [1.54, 1.807) is 18.2 Å². The van der Waals surface area contributed by atoms with Crippen LogP contribution in [0.15, 0.2) is 36.4 Å². The van der Waals surface area contributed by atoms with Crippen LogP contribution in [0.3, 0.4) is 0 Å². The van der Waals surface area contributed by atoms with Gasteiger partial charge >= 0.3 is 0 Å². The van der Waals surface area contributed by atoms with Gasteiger partial charge in [0.25, 0.3) is 0 Å². The molecule has 0 bridgehead atoms. The Morgan fingerprint density at radius 2 is 1.65 bits per heavy atom. The number of rotatable bonds is 4. The van der Waals surface area contributed by atoms with Crippen LogP contribution >= 0.6 is 23.2 Å². The largest absolute Gasteiger partial charge is 0.271 e. The Kier molecular flexibility index (Phi) is 4.94. The fourth-order valence-corrected chi connectivity index (χ4v) is 2.67. The van der Waals surface area contributed by atoms with Gasteiger partial charge in [0, 0.05) is 15.6 Å². The molecule has 0 heterocycles. The van der Waals surface area contributed by atoms with E-state index in [2.05, 4.69) is 5.43 Å². The van der Waals surface area contributed by atoms with E-state index >= 15 is 0 Å². The summed E-state index contributed by atoms with van der Waals surface area (Å²) < 4.78 is 26.9. The monoisotopic (exact) mass is 316 g/mol. The van der Waals surface area contributed by atoms with Gasteiger partial charge in [0.15, 0.2) is 11.6 Å². The molecule has 0 aliphatic carbocycles. The molecule has 0 fully saturated rings. The van der Waals surface area contributed by atoms with Crippen molar-refractivity contribution < 1.29 is 8.78 Å². The first-order chi connectivity index (χ1) is 9.54. The molecule has 1 atom stereocenters. The van der Waals surface area contributed by atoms with E-state index in [1.165, 1.54) is 12.1 Å². The number of hydrogen-bond donors (Lipinski definition) is 2. The molecular weight excluding hydrogens is 305 g/mol. The first-order valence-electron chi connectivity index (χ1n) is 5.87. The summed E-state index contributed by atoms with van der Waals surface area (Å²) in [5.74, 6) is 3.70. The van der Waals surface area contributed by atoms with Crippen LogP contribution in [0.1, 0.15) is 17.2 Å². The van der Waals surface area contributed by atoms with Crippen LogP contribution in [0.2, 0.25) is 10.0 Å². The second kappa shape index (κ2) is 6.50. The Balaban J connectivity index is 2.37. The standard InChI is InChI=1S/C14H12Cl2F2N2/c15-9-4-2-5-10(16)13(9)12(20-19)7-8-3-1-6-11(17)14(8)18/h1-6,12,20H,7,19H2. The number of benzene rings is 2. The predicted octanol–water partition coefficient (Wildman–Crippen LogP) is 4.02. The van der Waals surface area contributed by atoms with Gasteiger partial charge in [0.1, 0.15) is 0 Å². The molecule has 0 radical (unpaired) electrons. The van der Waals surface area contributed by atoms with Crippen LogP contribution < -0.4 is 11.3 Å². The lowest BCUT2D eigenvalue weighted by Gasteiger charge is -2.19. The van der Waals surface area contributed by atoms with Crippen LogP contribution in [-0.2, 0) is 6.42 Å². The third-order valence-electron chi connectivity index (χ3n) is 3.00. The zero-order valence-corrected chi connectivity index (χ0v) is 11.8. The summed E-state index contributed by atoms with van der Waals surface area (Å²) in [7, 11) is 0. The van der Waals surface area contributed by atoms with Crippen molar-refractivity contribution in [1.82, 2.24) is 5.43 Å². The molecule has 6 heteroatoms. The van der Waals surface area contributed by atoms with Gasteiger partial charge in [0.05, 0.1) is 6.04 Å². The number of hydrogen-bond acceptors (Lipinski definition) is 2. The van der Waals surface area contributed by atoms with Crippen molar-refractivity contribution in [3.63, 3.8) is 0 Å². The van der Waals surface area contributed by atoms with Crippen LogP contribution in [0.25, 0.3) is 0 Å². The van der Waals surface area contributed by atoms with Crippen molar-refractivity contribution in [2.24, 2.45) is 5.84 Å². The van der Waals surface area contributed by atoms with Crippen molar-refractivity contribution in [3.05, 3.63) is 69.2 Å². The van der Waals surface area contributed by atoms with Gasteiger partial charge in [-0.2, -0.15) is 0 Å². The number of nitrogens with one attached hydrogen (secondary N) is 1. The molecule has 0 aromatic heterocycles. The number of hydrazine groups is 1. The van der Waals surface area contributed by atoms with E-state index in [4.69, 9.17) is 29.0 Å². The van der Waals surface area contributed by atoms with Crippen molar-refractivity contribution in [1.29, 1.82) is 0 Å². The van der Waals surface area contributed by atoms with Crippen LogP contribution in [-0.4, -0.2) is 0 Å². The molecular formula is C14H12Cl2F2N2. The minimum Gasteiger partial charge on any atom is -0.271 e. The summed E-state index contributed by atoms with van der Waals surface area (Å²) in [5.41, 5.74) is 3.29. The highest BCUT2D eigenvalue weighted by atomic mass is 35.5. The third-order valence-corrected chi connectivity index (χ3v) is 3.66. The van der Waals surface area contributed by atoms with Crippen molar-refractivity contribution in [3.8, 4) is 0 Å². The smallest absolute Gasteiger partial charge is 0.162 e. The zero-order valence-electron chi connectivity index (χ0n) is 10.3. The first kappa shape index (κ1) is 15.2. The number of nitrogens with two attached hydrogens (primary N) is 1. The summed E-state index contributed by atoms with van der Waals surface area (Å²) in [6.45, 7) is 0. The quantitative estimate of drug-likeness (QED) is 0.660. The van der Waals surface area contributed by atoms with Gasteiger partial charge in [0.2, 0.25) is 0 Å². The summed E-state index contributed by atoms with van der Waals surface area (Å²) in [6.07, 6.45) is 0.129. The minimum absolute atomic E-state index is 0.129. The second-order valence-electron chi connectivity index (χ2n) is 4.27. The Hall–Kier alpha value is -1.20. The lowest BCUT2D eigenvalue weighted by atomic mass is 9.98. The molecule has 3 N–H and O–H groups in total. The van der Waals surface area contributed by atoms with Gasteiger partial charge in [-0.15, -0.1) is 0 Å². The summed E-state index contributed by atoms with van der Waals surface area (Å²) in [6, 6.07) is 8.50. The first-order valence-corrected chi connectivity index (χ1v) is 6.63. The lowest BCUT2D eigenvalue weighted by Crippen LogP contribution is -2.30. The fourth-order valence-electron chi connectivity index (χ4n) is 2.01. The molecule has 0 aliphatic heterocycles. The second-order valence-corrected chi connectivity index (χ2v) is 5.09.